The first kappa shape index (κ1) is 12.4. The molecule has 0 radical (unpaired) electrons. The number of allylic oxidation sites excluding steroid dienone is 1. The van der Waals surface area contributed by atoms with Crippen LogP contribution >= 0.6 is 0 Å². The summed E-state index contributed by atoms with van der Waals surface area (Å²) in [6, 6.07) is 2.54. The maximum atomic E-state index is 4.27. The maximum absolute atomic E-state index is 4.27. The molecule has 0 bridgehead atoms. The summed E-state index contributed by atoms with van der Waals surface area (Å²) in [6.45, 7) is 3.17. The van der Waals surface area contributed by atoms with Gasteiger partial charge in [-0.05, 0) is 44.7 Å². The van der Waals surface area contributed by atoms with Gasteiger partial charge >= 0.3 is 0 Å². The summed E-state index contributed by atoms with van der Waals surface area (Å²) in [5.41, 5.74) is 2.90. The number of hydrogen-bond acceptors (Lipinski definition) is 2. The summed E-state index contributed by atoms with van der Waals surface area (Å²) < 4.78 is 1.98. The van der Waals surface area contributed by atoms with Crippen LogP contribution < -0.4 is 5.32 Å². The van der Waals surface area contributed by atoms with Crippen molar-refractivity contribution in [3.63, 3.8) is 0 Å². The van der Waals surface area contributed by atoms with Crippen molar-refractivity contribution < 1.29 is 0 Å². The van der Waals surface area contributed by atoms with E-state index in [2.05, 4.69) is 29.5 Å². The summed E-state index contributed by atoms with van der Waals surface area (Å²) >= 11 is 0. The SMILES string of the molecule is CCNC(CC1=CCCCC1)c1ccnn1C. The molecule has 0 amide bonds. The van der Waals surface area contributed by atoms with Gasteiger partial charge in [-0.1, -0.05) is 18.6 Å². The molecule has 0 aromatic carbocycles. The first-order chi connectivity index (χ1) is 8.31. The number of aromatic nitrogens is 2. The van der Waals surface area contributed by atoms with E-state index < -0.39 is 0 Å². The number of nitrogens with zero attached hydrogens (tertiary/aromatic N) is 2. The van der Waals surface area contributed by atoms with Crippen molar-refractivity contribution in [3.05, 3.63) is 29.6 Å². The monoisotopic (exact) mass is 233 g/mol. The minimum atomic E-state index is 0.414. The van der Waals surface area contributed by atoms with Crippen LogP contribution in [0.5, 0.6) is 0 Å². The van der Waals surface area contributed by atoms with Gasteiger partial charge in [-0.2, -0.15) is 5.10 Å². The molecule has 3 nitrogen and oxygen atoms in total. The van der Waals surface area contributed by atoms with Crippen molar-refractivity contribution in [3.8, 4) is 0 Å². The van der Waals surface area contributed by atoms with Gasteiger partial charge in [-0.3, -0.25) is 4.68 Å². The van der Waals surface area contributed by atoms with Crippen LogP contribution in [0, 0.1) is 0 Å². The highest BCUT2D eigenvalue weighted by Gasteiger charge is 2.16. The van der Waals surface area contributed by atoms with E-state index in [0.717, 1.165) is 13.0 Å². The summed E-state index contributed by atoms with van der Waals surface area (Å²) in [4.78, 5) is 0. The zero-order chi connectivity index (χ0) is 12.1. The van der Waals surface area contributed by atoms with Crippen LogP contribution in [0.3, 0.4) is 0 Å². The summed E-state index contributed by atoms with van der Waals surface area (Å²) in [5.74, 6) is 0. The Morgan fingerprint density at radius 2 is 2.35 bits per heavy atom. The second-order valence-corrected chi connectivity index (χ2v) is 4.80. The van der Waals surface area contributed by atoms with Gasteiger partial charge in [0, 0.05) is 13.2 Å². The lowest BCUT2D eigenvalue weighted by Gasteiger charge is -2.21. The Morgan fingerprint density at radius 1 is 1.47 bits per heavy atom. The van der Waals surface area contributed by atoms with Gasteiger partial charge in [-0.25, -0.2) is 0 Å². The molecule has 2 rings (SSSR count). The molecular weight excluding hydrogens is 210 g/mol. The molecule has 1 aromatic rings. The van der Waals surface area contributed by atoms with Crippen LogP contribution in [-0.4, -0.2) is 16.3 Å². The third kappa shape index (κ3) is 3.19. The lowest BCUT2D eigenvalue weighted by Crippen LogP contribution is -2.24. The molecule has 1 heterocycles. The van der Waals surface area contributed by atoms with E-state index in [0.29, 0.717) is 6.04 Å². The highest BCUT2D eigenvalue weighted by atomic mass is 15.3. The van der Waals surface area contributed by atoms with Gasteiger partial charge < -0.3 is 5.32 Å². The Kier molecular flexibility index (Phi) is 4.37. The average Bonchev–Trinajstić information content (AvgIpc) is 2.76. The molecule has 1 N–H and O–H groups in total. The van der Waals surface area contributed by atoms with Gasteiger partial charge in [0.25, 0.3) is 0 Å². The van der Waals surface area contributed by atoms with Crippen LogP contribution in [0.2, 0.25) is 0 Å². The molecule has 3 heteroatoms. The van der Waals surface area contributed by atoms with Crippen molar-refractivity contribution >= 4 is 0 Å². The predicted octanol–water partition coefficient (Wildman–Crippen LogP) is 2.96. The van der Waals surface area contributed by atoms with Crippen LogP contribution in [-0.2, 0) is 7.05 Å². The molecule has 0 spiro atoms. The Labute approximate surface area is 104 Å². The van der Waals surface area contributed by atoms with E-state index in [1.54, 1.807) is 5.57 Å². The van der Waals surface area contributed by atoms with Crippen molar-refractivity contribution in [1.29, 1.82) is 0 Å². The Bertz CT molecular complexity index is 379. The first-order valence-electron chi connectivity index (χ1n) is 6.70. The number of hydrogen-bond donors (Lipinski definition) is 1. The van der Waals surface area contributed by atoms with Crippen LogP contribution in [0.1, 0.15) is 50.8 Å². The van der Waals surface area contributed by atoms with Gasteiger partial charge in [0.05, 0.1) is 11.7 Å². The minimum absolute atomic E-state index is 0.414. The Morgan fingerprint density at radius 3 is 2.94 bits per heavy atom. The molecule has 0 fully saturated rings. The lowest BCUT2D eigenvalue weighted by molar-refractivity contribution is 0.493. The molecule has 17 heavy (non-hydrogen) atoms. The van der Waals surface area contributed by atoms with E-state index in [1.165, 1.54) is 31.4 Å². The summed E-state index contributed by atoms with van der Waals surface area (Å²) in [6.07, 6.45) is 10.7. The second-order valence-electron chi connectivity index (χ2n) is 4.80. The van der Waals surface area contributed by atoms with Crippen molar-refractivity contribution in [2.45, 2.75) is 45.1 Å². The zero-order valence-electron chi connectivity index (χ0n) is 10.9. The van der Waals surface area contributed by atoms with E-state index in [4.69, 9.17) is 0 Å². The molecule has 1 aromatic heterocycles. The topological polar surface area (TPSA) is 29.9 Å². The highest BCUT2D eigenvalue weighted by molar-refractivity contribution is 5.14. The number of nitrogens with one attached hydrogen (secondary N) is 1. The van der Waals surface area contributed by atoms with Gasteiger partial charge in [0.2, 0.25) is 0 Å². The molecule has 0 saturated carbocycles. The number of rotatable bonds is 5. The smallest absolute Gasteiger partial charge is 0.0553 e. The van der Waals surface area contributed by atoms with E-state index in [9.17, 15) is 0 Å². The third-order valence-corrected chi connectivity index (χ3v) is 3.52. The van der Waals surface area contributed by atoms with E-state index in [1.807, 2.05) is 17.9 Å². The van der Waals surface area contributed by atoms with E-state index in [-0.39, 0.29) is 0 Å². The fraction of sp³-hybridized carbons (Fsp3) is 0.643. The van der Waals surface area contributed by atoms with Gasteiger partial charge in [-0.15, -0.1) is 0 Å². The van der Waals surface area contributed by atoms with Crippen LogP contribution in [0.4, 0.5) is 0 Å². The largest absolute Gasteiger partial charge is 0.309 e. The molecule has 1 unspecified atom stereocenters. The predicted molar refractivity (Wildman–Crippen MR) is 70.8 cm³/mol. The van der Waals surface area contributed by atoms with Gasteiger partial charge in [0.15, 0.2) is 0 Å². The van der Waals surface area contributed by atoms with Crippen LogP contribution in [0.25, 0.3) is 0 Å². The third-order valence-electron chi connectivity index (χ3n) is 3.52. The zero-order valence-corrected chi connectivity index (χ0v) is 10.9. The van der Waals surface area contributed by atoms with E-state index >= 15 is 0 Å². The standard InChI is InChI=1S/C14H23N3/c1-3-15-13(14-9-10-16-17(14)2)11-12-7-5-4-6-8-12/h7,9-10,13,15H,3-6,8,11H2,1-2H3. The maximum Gasteiger partial charge on any atom is 0.0553 e. The van der Waals surface area contributed by atoms with Crippen LogP contribution in [0.15, 0.2) is 23.9 Å². The second kappa shape index (κ2) is 6.01. The first-order valence-corrected chi connectivity index (χ1v) is 6.70. The fourth-order valence-corrected chi connectivity index (χ4v) is 2.61. The normalized spacial score (nSPS) is 17.9. The van der Waals surface area contributed by atoms with Crippen molar-refractivity contribution in [2.24, 2.45) is 7.05 Å². The minimum Gasteiger partial charge on any atom is -0.309 e. The van der Waals surface area contributed by atoms with Gasteiger partial charge in [0.1, 0.15) is 0 Å². The van der Waals surface area contributed by atoms with Crippen molar-refractivity contribution in [2.75, 3.05) is 6.54 Å². The molecule has 1 atom stereocenters. The average molecular weight is 233 g/mol. The lowest BCUT2D eigenvalue weighted by atomic mass is 9.93. The highest BCUT2D eigenvalue weighted by Crippen LogP contribution is 2.27. The fourth-order valence-electron chi connectivity index (χ4n) is 2.61. The molecule has 94 valence electrons. The Hall–Kier alpha value is -1.09. The molecule has 0 saturated heterocycles. The summed E-state index contributed by atoms with van der Waals surface area (Å²) in [5, 5.41) is 7.84. The summed E-state index contributed by atoms with van der Waals surface area (Å²) in [7, 11) is 2.02. The van der Waals surface area contributed by atoms with Crippen molar-refractivity contribution in [1.82, 2.24) is 15.1 Å². The molecule has 1 aliphatic carbocycles. The quantitative estimate of drug-likeness (QED) is 0.792. The number of aryl methyl sites for hydroxylation is 1. The molecule has 1 aliphatic rings. The molecule has 0 aliphatic heterocycles. The Balaban J connectivity index is 2.07. The molecular formula is C14H23N3.